The first-order valence-corrected chi connectivity index (χ1v) is 5.05. The van der Waals surface area contributed by atoms with Crippen molar-refractivity contribution in [2.75, 3.05) is 0 Å². The van der Waals surface area contributed by atoms with Crippen LogP contribution in [0.4, 0.5) is 0 Å². The Kier molecular flexibility index (Phi) is 10.0. The van der Waals surface area contributed by atoms with E-state index in [1.807, 2.05) is 0 Å². The van der Waals surface area contributed by atoms with Gasteiger partial charge in [-0.25, -0.2) is 0 Å². The third kappa shape index (κ3) is 10.0. The van der Waals surface area contributed by atoms with E-state index >= 15 is 0 Å². The molecule has 0 saturated heterocycles. The van der Waals surface area contributed by atoms with Crippen molar-refractivity contribution in [2.24, 2.45) is 0 Å². The van der Waals surface area contributed by atoms with Gasteiger partial charge in [-0.05, 0) is 12.8 Å². The standard InChI is InChI=1S/C11H22/c1-3-5-7-9-11-10-8-6-4-2/h7-8H,3-6,9-11H2,1-2H3. The van der Waals surface area contributed by atoms with Gasteiger partial charge >= 0.3 is 0 Å². The molecule has 0 fully saturated rings. The van der Waals surface area contributed by atoms with E-state index in [2.05, 4.69) is 26.7 Å². The molecule has 0 aromatic rings. The van der Waals surface area contributed by atoms with Crippen LogP contribution in [0.15, 0.2) is 0 Å². The summed E-state index contributed by atoms with van der Waals surface area (Å²) in [5, 5.41) is 0. The molecule has 2 radical (unpaired) electrons. The molecule has 0 aliphatic carbocycles. The lowest BCUT2D eigenvalue weighted by atomic mass is 10.1. The molecule has 0 atom stereocenters. The second kappa shape index (κ2) is 10.0. The fourth-order valence-corrected chi connectivity index (χ4v) is 1.10. The van der Waals surface area contributed by atoms with Crippen LogP contribution in [-0.2, 0) is 0 Å². The topological polar surface area (TPSA) is 0 Å². The molecule has 0 heterocycles. The summed E-state index contributed by atoms with van der Waals surface area (Å²) in [6.07, 6.45) is 14.0. The van der Waals surface area contributed by atoms with E-state index in [0.717, 1.165) is 0 Å². The van der Waals surface area contributed by atoms with Crippen LogP contribution >= 0.6 is 0 Å². The molecule has 66 valence electrons. The number of hydrogen-bond donors (Lipinski definition) is 0. The first kappa shape index (κ1) is 11.0. The average molecular weight is 154 g/mol. The minimum Gasteiger partial charge on any atom is -0.0654 e. The lowest BCUT2D eigenvalue weighted by Crippen LogP contribution is -1.80. The smallest absolute Gasteiger partial charge is 0.0386 e. The molecule has 0 nitrogen and oxygen atoms in total. The minimum absolute atomic E-state index is 1.30. The van der Waals surface area contributed by atoms with Crippen LogP contribution in [0.2, 0.25) is 0 Å². The second-order valence-corrected chi connectivity index (χ2v) is 3.09. The lowest BCUT2D eigenvalue weighted by Gasteiger charge is -1.98. The van der Waals surface area contributed by atoms with Crippen LogP contribution in [0.25, 0.3) is 0 Å². The Balaban J connectivity index is 2.69. The van der Waals surface area contributed by atoms with E-state index in [0.29, 0.717) is 0 Å². The van der Waals surface area contributed by atoms with E-state index in [9.17, 15) is 0 Å². The Morgan fingerprint density at radius 1 is 0.727 bits per heavy atom. The van der Waals surface area contributed by atoms with Gasteiger partial charge in [-0.1, -0.05) is 58.8 Å². The molecular formula is C11H22. The van der Waals surface area contributed by atoms with Crippen molar-refractivity contribution in [2.45, 2.75) is 58.8 Å². The number of hydrogen-bond acceptors (Lipinski definition) is 0. The summed E-state index contributed by atoms with van der Waals surface area (Å²) in [5.74, 6) is 0. The Morgan fingerprint density at radius 2 is 1.18 bits per heavy atom. The summed E-state index contributed by atoms with van der Waals surface area (Å²) < 4.78 is 0. The van der Waals surface area contributed by atoms with Crippen molar-refractivity contribution >= 4 is 0 Å². The van der Waals surface area contributed by atoms with Crippen molar-refractivity contribution in [3.63, 3.8) is 0 Å². The van der Waals surface area contributed by atoms with E-state index in [4.69, 9.17) is 0 Å². The van der Waals surface area contributed by atoms with E-state index in [1.54, 1.807) is 0 Å². The highest BCUT2D eigenvalue weighted by molar-refractivity contribution is 4.68. The van der Waals surface area contributed by atoms with Crippen LogP contribution in [0.3, 0.4) is 0 Å². The highest BCUT2D eigenvalue weighted by atomic mass is 13.9. The summed E-state index contributed by atoms with van der Waals surface area (Å²) in [6.45, 7) is 4.47. The molecule has 0 aromatic carbocycles. The highest BCUT2D eigenvalue weighted by Gasteiger charge is 1.89. The van der Waals surface area contributed by atoms with Crippen molar-refractivity contribution in [1.29, 1.82) is 0 Å². The predicted octanol–water partition coefficient (Wildman–Crippen LogP) is 4.17. The fourth-order valence-electron chi connectivity index (χ4n) is 1.10. The van der Waals surface area contributed by atoms with Gasteiger partial charge in [-0.2, -0.15) is 0 Å². The van der Waals surface area contributed by atoms with Crippen LogP contribution in [0.5, 0.6) is 0 Å². The predicted molar refractivity (Wildman–Crippen MR) is 52.3 cm³/mol. The Labute approximate surface area is 72.4 Å². The third-order valence-corrected chi connectivity index (χ3v) is 1.80. The highest BCUT2D eigenvalue weighted by Crippen LogP contribution is 2.07. The molecule has 0 aliphatic heterocycles. The van der Waals surface area contributed by atoms with Gasteiger partial charge < -0.3 is 0 Å². The Morgan fingerprint density at radius 3 is 1.55 bits per heavy atom. The van der Waals surface area contributed by atoms with Crippen molar-refractivity contribution < 1.29 is 0 Å². The molecule has 0 saturated carbocycles. The summed E-state index contributed by atoms with van der Waals surface area (Å²) in [4.78, 5) is 0. The zero-order chi connectivity index (χ0) is 8.36. The quantitative estimate of drug-likeness (QED) is 0.460. The largest absolute Gasteiger partial charge is 0.0654 e. The Bertz CT molecular complexity index is 49.1. The van der Waals surface area contributed by atoms with Gasteiger partial charge in [0, 0.05) is 0 Å². The number of unbranched alkanes of at least 4 members (excludes halogenated alkanes) is 8. The zero-order valence-electron chi connectivity index (χ0n) is 8.10. The third-order valence-electron chi connectivity index (χ3n) is 1.80. The van der Waals surface area contributed by atoms with Gasteiger partial charge in [-0.3, -0.25) is 0 Å². The molecule has 0 amide bonds. The van der Waals surface area contributed by atoms with Crippen molar-refractivity contribution in [1.82, 2.24) is 0 Å². The molecule has 0 aromatic heterocycles. The van der Waals surface area contributed by atoms with Crippen LogP contribution in [-0.4, -0.2) is 0 Å². The van der Waals surface area contributed by atoms with Gasteiger partial charge in [0.1, 0.15) is 0 Å². The summed E-state index contributed by atoms with van der Waals surface area (Å²) in [6, 6.07) is 0. The summed E-state index contributed by atoms with van der Waals surface area (Å²) >= 11 is 0. The van der Waals surface area contributed by atoms with E-state index in [-0.39, 0.29) is 0 Å². The van der Waals surface area contributed by atoms with Gasteiger partial charge in [0.15, 0.2) is 0 Å². The maximum atomic E-state index is 2.42. The maximum absolute atomic E-state index is 2.42. The normalized spacial score (nSPS) is 10.4. The molecule has 0 unspecified atom stereocenters. The molecule has 0 rings (SSSR count). The molecule has 0 N–H and O–H groups in total. The molecular weight excluding hydrogens is 132 g/mol. The Hall–Kier alpha value is 0. The van der Waals surface area contributed by atoms with Crippen LogP contribution in [0, 0.1) is 12.8 Å². The average Bonchev–Trinajstić information content (AvgIpc) is 2.03. The van der Waals surface area contributed by atoms with Crippen molar-refractivity contribution in [3.8, 4) is 0 Å². The van der Waals surface area contributed by atoms with Crippen LogP contribution < -0.4 is 0 Å². The molecule has 0 spiro atoms. The lowest BCUT2D eigenvalue weighted by molar-refractivity contribution is 0.717. The fraction of sp³-hybridized carbons (Fsp3) is 0.818. The first-order valence-electron chi connectivity index (χ1n) is 5.05. The minimum atomic E-state index is 1.30. The van der Waals surface area contributed by atoms with E-state index < -0.39 is 0 Å². The monoisotopic (exact) mass is 154 g/mol. The van der Waals surface area contributed by atoms with Gasteiger partial charge in [-0.15, -0.1) is 0 Å². The zero-order valence-corrected chi connectivity index (χ0v) is 8.10. The van der Waals surface area contributed by atoms with Gasteiger partial charge in [0.25, 0.3) is 0 Å². The molecule has 0 aliphatic rings. The molecule has 0 heteroatoms. The summed E-state index contributed by atoms with van der Waals surface area (Å²) in [5.41, 5.74) is 0. The SMILES string of the molecule is CCC[CH]CCC[CH]CCC. The maximum Gasteiger partial charge on any atom is -0.0386 e. The molecule has 0 bridgehead atoms. The van der Waals surface area contributed by atoms with Gasteiger partial charge in [0.05, 0.1) is 0 Å². The number of rotatable bonds is 8. The summed E-state index contributed by atoms with van der Waals surface area (Å²) in [7, 11) is 0. The van der Waals surface area contributed by atoms with E-state index in [1.165, 1.54) is 44.9 Å². The first-order chi connectivity index (χ1) is 5.41. The van der Waals surface area contributed by atoms with Gasteiger partial charge in [0.2, 0.25) is 0 Å². The van der Waals surface area contributed by atoms with Crippen molar-refractivity contribution in [3.05, 3.63) is 12.8 Å². The van der Waals surface area contributed by atoms with Crippen LogP contribution in [0.1, 0.15) is 58.8 Å². The molecule has 11 heavy (non-hydrogen) atoms. The second-order valence-electron chi connectivity index (χ2n) is 3.09.